The molecule has 2 bridgehead atoms. The maximum absolute atomic E-state index is 12.1. The molecule has 3 aliphatic rings. The van der Waals surface area contributed by atoms with Crippen molar-refractivity contribution in [3.05, 3.63) is 0 Å². The van der Waals surface area contributed by atoms with Gasteiger partial charge in [-0.3, -0.25) is 4.79 Å². The number of hydrogen-bond acceptors (Lipinski definition) is 4. The van der Waals surface area contributed by atoms with E-state index in [0.29, 0.717) is 24.0 Å². The van der Waals surface area contributed by atoms with Crippen LogP contribution < -0.4 is 0 Å². The molecule has 1 amide bonds. The van der Waals surface area contributed by atoms with Crippen LogP contribution in [0.3, 0.4) is 0 Å². The predicted octanol–water partition coefficient (Wildman–Crippen LogP) is 1.06. The third-order valence-electron chi connectivity index (χ3n) is 4.37. The summed E-state index contributed by atoms with van der Waals surface area (Å²) in [5, 5.41) is 0.375. The van der Waals surface area contributed by atoms with Gasteiger partial charge in [-0.2, -0.15) is 0 Å². The molecule has 4 nitrogen and oxygen atoms in total. The Bertz CT molecular complexity index is 442. The Labute approximate surface area is 112 Å². The fraction of sp³-hybridized carbons (Fsp3) is 0.917. The molecule has 18 heavy (non-hydrogen) atoms. The molecule has 3 fully saturated rings. The van der Waals surface area contributed by atoms with Gasteiger partial charge in [-0.25, -0.2) is 8.42 Å². The molecule has 3 rings (SSSR count). The lowest BCUT2D eigenvalue weighted by Gasteiger charge is -2.27. The van der Waals surface area contributed by atoms with E-state index in [1.54, 1.807) is 11.8 Å². The van der Waals surface area contributed by atoms with Crippen molar-refractivity contribution in [2.24, 2.45) is 0 Å². The summed E-state index contributed by atoms with van der Waals surface area (Å²) in [6.07, 6.45) is 5.72. The standard InChI is InChI=1S/C12H19NO3S2/c14-12(7-17-10-3-1-2-4-10)13-6-11-5-9(13)8-18(11,15)16/h9-11H,1-8H2. The lowest BCUT2D eigenvalue weighted by atomic mass is 10.2. The first-order chi connectivity index (χ1) is 8.56. The molecule has 0 aromatic rings. The fourth-order valence-corrected chi connectivity index (χ4v) is 6.57. The van der Waals surface area contributed by atoms with Gasteiger partial charge in [-0.1, -0.05) is 12.8 Å². The summed E-state index contributed by atoms with van der Waals surface area (Å²) in [5.74, 6) is 0.875. The first kappa shape index (κ1) is 12.8. The number of rotatable bonds is 3. The summed E-state index contributed by atoms with van der Waals surface area (Å²) in [6, 6.07) is -0.0309. The van der Waals surface area contributed by atoms with Crippen LogP contribution in [0.5, 0.6) is 0 Å². The second-order valence-electron chi connectivity index (χ2n) is 5.60. The zero-order chi connectivity index (χ0) is 12.8. The third kappa shape index (κ3) is 2.29. The Kier molecular flexibility index (Phi) is 3.34. The number of carbonyl (C=O) groups excluding carboxylic acids is 1. The molecular weight excluding hydrogens is 270 g/mol. The van der Waals surface area contributed by atoms with Crippen LogP contribution in [-0.2, 0) is 14.6 Å². The van der Waals surface area contributed by atoms with Crippen LogP contribution in [0.4, 0.5) is 0 Å². The number of likely N-dealkylation sites (tertiary alicyclic amines) is 1. The molecule has 0 radical (unpaired) electrons. The Morgan fingerprint density at radius 1 is 1.28 bits per heavy atom. The van der Waals surface area contributed by atoms with Gasteiger partial charge in [0.2, 0.25) is 5.91 Å². The average Bonchev–Trinajstić information content (AvgIpc) is 2.98. The van der Waals surface area contributed by atoms with Gasteiger partial charge in [0.25, 0.3) is 0 Å². The monoisotopic (exact) mass is 289 g/mol. The van der Waals surface area contributed by atoms with Crippen molar-refractivity contribution in [1.82, 2.24) is 4.90 Å². The molecule has 102 valence electrons. The van der Waals surface area contributed by atoms with Crippen molar-refractivity contribution in [2.75, 3.05) is 18.1 Å². The van der Waals surface area contributed by atoms with Gasteiger partial charge in [0.05, 0.1) is 16.8 Å². The lowest BCUT2D eigenvalue weighted by Crippen LogP contribution is -2.45. The highest BCUT2D eigenvalue weighted by Crippen LogP contribution is 2.34. The van der Waals surface area contributed by atoms with Crippen molar-refractivity contribution < 1.29 is 13.2 Å². The largest absolute Gasteiger partial charge is 0.337 e. The number of amides is 1. The van der Waals surface area contributed by atoms with E-state index in [1.807, 2.05) is 4.90 Å². The predicted molar refractivity (Wildman–Crippen MR) is 72.4 cm³/mol. The Morgan fingerprint density at radius 2 is 2.00 bits per heavy atom. The van der Waals surface area contributed by atoms with E-state index in [9.17, 15) is 13.2 Å². The number of sulfone groups is 1. The van der Waals surface area contributed by atoms with E-state index in [-0.39, 0.29) is 23.0 Å². The minimum Gasteiger partial charge on any atom is -0.337 e. The smallest absolute Gasteiger partial charge is 0.232 e. The molecule has 0 N–H and O–H groups in total. The zero-order valence-corrected chi connectivity index (χ0v) is 12.0. The van der Waals surface area contributed by atoms with Crippen LogP contribution in [0.25, 0.3) is 0 Å². The van der Waals surface area contributed by atoms with Crippen molar-refractivity contribution >= 4 is 27.5 Å². The van der Waals surface area contributed by atoms with E-state index in [1.165, 1.54) is 25.7 Å². The van der Waals surface area contributed by atoms with Gasteiger partial charge < -0.3 is 4.90 Å². The summed E-state index contributed by atoms with van der Waals surface area (Å²) in [4.78, 5) is 13.9. The molecule has 0 aromatic carbocycles. The summed E-state index contributed by atoms with van der Waals surface area (Å²) >= 11 is 1.77. The van der Waals surface area contributed by atoms with Crippen LogP contribution in [0.1, 0.15) is 32.1 Å². The van der Waals surface area contributed by atoms with Crippen LogP contribution in [-0.4, -0.2) is 53.8 Å². The second-order valence-corrected chi connectivity index (χ2v) is 9.22. The van der Waals surface area contributed by atoms with Gasteiger partial charge in [-0.15, -0.1) is 11.8 Å². The fourth-order valence-electron chi connectivity index (χ4n) is 3.33. The van der Waals surface area contributed by atoms with Gasteiger partial charge in [0.15, 0.2) is 9.84 Å². The Balaban J connectivity index is 1.52. The van der Waals surface area contributed by atoms with Crippen molar-refractivity contribution in [3.63, 3.8) is 0 Å². The minimum absolute atomic E-state index is 0.0309. The van der Waals surface area contributed by atoms with E-state index >= 15 is 0 Å². The molecule has 0 spiro atoms. The van der Waals surface area contributed by atoms with Gasteiger partial charge >= 0.3 is 0 Å². The lowest BCUT2D eigenvalue weighted by molar-refractivity contribution is -0.128. The quantitative estimate of drug-likeness (QED) is 0.779. The molecule has 6 heteroatoms. The number of fused-ring (bicyclic) bond motifs is 2. The SMILES string of the molecule is O=C(CSC1CCCC1)N1CC2CC1CS2(=O)=O. The normalized spacial score (nSPS) is 34.3. The topological polar surface area (TPSA) is 54.5 Å². The van der Waals surface area contributed by atoms with Crippen LogP contribution >= 0.6 is 11.8 Å². The highest BCUT2D eigenvalue weighted by atomic mass is 32.2. The van der Waals surface area contributed by atoms with Crippen molar-refractivity contribution in [1.29, 1.82) is 0 Å². The number of hydrogen-bond donors (Lipinski definition) is 0. The molecular formula is C12H19NO3S2. The van der Waals surface area contributed by atoms with E-state index in [0.717, 1.165) is 0 Å². The Morgan fingerprint density at radius 3 is 2.56 bits per heavy atom. The molecule has 2 unspecified atom stereocenters. The zero-order valence-electron chi connectivity index (χ0n) is 10.4. The Hall–Kier alpha value is -0.230. The highest BCUT2D eigenvalue weighted by molar-refractivity contribution is 8.00. The van der Waals surface area contributed by atoms with Gasteiger partial charge in [0, 0.05) is 17.8 Å². The minimum atomic E-state index is -2.89. The average molecular weight is 289 g/mol. The van der Waals surface area contributed by atoms with E-state index in [4.69, 9.17) is 0 Å². The molecule has 2 heterocycles. The highest BCUT2D eigenvalue weighted by Gasteiger charge is 2.49. The van der Waals surface area contributed by atoms with E-state index in [2.05, 4.69) is 0 Å². The molecule has 2 atom stereocenters. The second kappa shape index (κ2) is 4.71. The summed E-state index contributed by atoms with van der Waals surface area (Å²) in [7, 11) is -2.89. The summed E-state index contributed by atoms with van der Waals surface area (Å²) in [6.45, 7) is 0.442. The summed E-state index contributed by atoms with van der Waals surface area (Å²) in [5.41, 5.74) is 0. The maximum Gasteiger partial charge on any atom is 0.232 e. The molecule has 1 saturated carbocycles. The van der Waals surface area contributed by atoms with Crippen LogP contribution in [0, 0.1) is 0 Å². The van der Waals surface area contributed by atoms with Crippen molar-refractivity contribution in [3.8, 4) is 0 Å². The number of thioether (sulfide) groups is 1. The third-order valence-corrected chi connectivity index (χ3v) is 7.94. The van der Waals surface area contributed by atoms with Gasteiger partial charge in [0.1, 0.15) is 0 Å². The van der Waals surface area contributed by atoms with Crippen molar-refractivity contribution in [2.45, 2.75) is 48.6 Å². The van der Waals surface area contributed by atoms with Crippen LogP contribution in [0.2, 0.25) is 0 Å². The van der Waals surface area contributed by atoms with Gasteiger partial charge in [-0.05, 0) is 19.3 Å². The summed E-state index contributed by atoms with van der Waals surface area (Å²) < 4.78 is 23.2. The van der Waals surface area contributed by atoms with Crippen LogP contribution in [0.15, 0.2) is 0 Å². The molecule has 0 aromatic heterocycles. The molecule has 1 aliphatic carbocycles. The van der Waals surface area contributed by atoms with E-state index < -0.39 is 9.84 Å². The first-order valence-electron chi connectivity index (χ1n) is 6.69. The number of carbonyl (C=O) groups is 1. The number of nitrogens with zero attached hydrogens (tertiary/aromatic N) is 1. The molecule has 2 saturated heterocycles. The molecule has 2 aliphatic heterocycles. The first-order valence-corrected chi connectivity index (χ1v) is 9.45. The maximum atomic E-state index is 12.1.